The summed E-state index contributed by atoms with van der Waals surface area (Å²) in [7, 11) is 1.51. The number of methoxy groups -OCH3 is 1. The second kappa shape index (κ2) is 9.06. The van der Waals surface area contributed by atoms with E-state index in [-0.39, 0.29) is 24.3 Å². The fourth-order valence-electron chi connectivity index (χ4n) is 5.35. The van der Waals surface area contributed by atoms with Gasteiger partial charge in [0, 0.05) is 5.92 Å². The van der Waals surface area contributed by atoms with Crippen LogP contribution in [0.3, 0.4) is 0 Å². The molecule has 1 aliphatic carbocycles. The van der Waals surface area contributed by atoms with E-state index in [0.29, 0.717) is 11.4 Å². The lowest BCUT2D eigenvalue weighted by atomic mass is 9.81. The van der Waals surface area contributed by atoms with Crippen LogP contribution < -0.4 is 15.0 Å². The first-order valence-electron chi connectivity index (χ1n) is 11.5. The average molecular weight is 467 g/mol. The highest BCUT2D eigenvalue weighted by atomic mass is 19.1. The molecule has 2 aromatic carbocycles. The summed E-state index contributed by atoms with van der Waals surface area (Å²) in [5.41, 5.74) is 0.726. The van der Waals surface area contributed by atoms with E-state index in [9.17, 15) is 18.8 Å². The first-order valence-corrected chi connectivity index (χ1v) is 11.5. The predicted octanol–water partition coefficient (Wildman–Crippen LogP) is 3.57. The molecule has 1 N–H and O–H groups in total. The lowest BCUT2D eigenvalue weighted by Crippen LogP contribution is -2.65. The molecular weight excluding hydrogens is 441 g/mol. The van der Waals surface area contributed by atoms with Crippen molar-refractivity contribution in [2.24, 2.45) is 5.92 Å². The number of urea groups is 1. The summed E-state index contributed by atoms with van der Waals surface area (Å²) in [5.74, 6) is -0.879. The van der Waals surface area contributed by atoms with Crippen LogP contribution >= 0.6 is 0 Å². The maximum atomic E-state index is 13.6. The zero-order chi connectivity index (χ0) is 23.8. The Labute approximate surface area is 196 Å². The number of nitrogens with zero attached hydrogens (tertiary/aromatic N) is 2. The van der Waals surface area contributed by atoms with E-state index in [2.05, 4.69) is 5.32 Å². The topological polar surface area (TPSA) is 88.2 Å². The minimum atomic E-state index is -0.866. The molecule has 3 fully saturated rings. The van der Waals surface area contributed by atoms with E-state index in [1.165, 1.54) is 36.3 Å². The number of halogens is 1. The smallest absolute Gasteiger partial charge is 0.332 e. The minimum absolute atomic E-state index is 0.0129. The van der Waals surface area contributed by atoms with E-state index >= 15 is 0 Å². The number of nitrogens with one attached hydrogen (secondary N) is 1. The van der Waals surface area contributed by atoms with Crippen LogP contribution in [0.1, 0.15) is 25.7 Å². The van der Waals surface area contributed by atoms with Gasteiger partial charge in [0.05, 0.1) is 30.6 Å². The number of hydrogen-bond donors (Lipinski definition) is 1. The summed E-state index contributed by atoms with van der Waals surface area (Å²) in [6.45, 7) is -0.254. The Kier molecular flexibility index (Phi) is 5.95. The quantitative estimate of drug-likeness (QED) is 0.727. The van der Waals surface area contributed by atoms with Crippen molar-refractivity contribution in [3.63, 3.8) is 0 Å². The van der Waals surface area contributed by atoms with E-state index in [1.54, 1.807) is 24.3 Å². The first kappa shape index (κ1) is 22.3. The maximum absolute atomic E-state index is 13.6. The Morgan fingerprint density at radius 2 is 1.85 bits per heavy atom. The molecule has 4 amide bonds. The average Bonchev–Trinajstić information content (AvgIpc) is 3.23. The number of para-hydroxylation sites is 2. The molecule has 0 radical (unpaired) electrons. The molecule has 5 rings (SSSR count). The predicted molar refractivity (Wildman–Crippen MR) is 122 cm³/mol. The van der Waals surface area contributed by atoms with Crippen LogP contribution in [-0.4, -0.2) is 54.6 Å². The van der Waals surface area contributed by atoms with Crippen LogP contribution in [0.25, 0.3) is 0 Å². The van der Waals surface area contributed by atoms with Gasteiger partial charge in [-0.1, -0.05) is 25.0 Å². The molecule has 8 nitrogen and oxygen atoms in total. The molecule has 0 bridgehead atoms. The Morgan fingerprint density at radius 3 is 2.62 bits per heavy atom. The molecule has 2 saturated heterocycles. The maximum Gasteiger partial charge on any atom is 0.332 e. The van der Waals surface area contributed by atoms with Gasteiger partial charge in [-0.3, -0.25) is 9.59 Å². The number of anilines is 2. The van der Waals surface area contributed by atoms with Crippen LogP contribution in [0.4, 0.5) is 20.6 Å². The molecule has 3 aliphatic rings. The third-order valence-electron chi connectivity index (χ3n) is 6.86. The third-order valence-corrected chi connectivity index (χ3v) is 6.86. The van der Waals surface area contributed by atoms with Crippen molar-refractivity contribution in [3.05, 3.63) is 54.3 Å². The largest absolute Gasteiger partial charge is 0.495 e. The number of imide groups is 1. The highest BCUT2D eigenvalue weighted by Crippen LogP contribution is 2.43. The molecule has 4 atom stereocenters. The lowest BCUT2D eigenvalue weighted by Gasteiger charge is -2.42. The van der Waals surface area contributed by atoms with Crippen molar-refractivity contribution in [2.45, 2.75) is 43.9 Å². The molecule has 4 unspecified atom stereocenters. The Morgan fingerprint density at radius 1 is 1.12 bits per heavy atom. The van der Waals surface area contributed by atoms with Gasteiger partial charge in [0.15, 0.2) is 6.10 Å². The van der Waals surface area contributed by atoms with Gasteiger partial charge in [-0.15, -0.1) is 0 Å². The molecule has 9 heteroatoms. The summed E-state index contributed by atoms with van der Waals surface area (Å²) in [5, 5.41) is 2.80. The summed E-state index contributed by atoms with van der Waals surface area (Å²) in [6, 6.07) is 11.0. The molecule has 34 heavy (non-hydrogen) atoms. The number of carbonyl (C=O) groups excluding carboxylic acids is 3. The fraction of sp³-hybridized carbons (Fsp3) is 0.400. The summed E-state index contributed by atoms with van der Waals surface area (Å²) >= 11 is 0. The van der Waals surface area contributed by atoms with Gasteiger partial charge in [0.2, 0.25) is 5.91 Å². The van der Waals surface area contributed by atoms with Crippen LogP contribution in [0.2, 0.25) is 0 Å². The zero-order valence-corrected chi connectivity index (χ0v) is 18.8. The van der Waals surface area contributed by atoms with E-state index in [4.69, 9.17) is 9.47 Å². The van der Waals surface area contributed by atoms with Crippen LogP contribution in [-0.2, 0) is 14.3 Å². The fourth-order valence-corrected chi connectivity index (χ4v) is 5.35. The normalized spacial score (nSPS) is 26.2. The monoisotopic (exact) mass is 467 g/mol. The van der Waals surface area contributed by atoms with Crippen molar-refractivity contribution >= 4 is 29.2 Å². The van der Waals surface area contributed by atoms with Crippen LogP contribution in [0.15, 0.2) is 48.5 Å². The van der Waals surface area contributed by atoms with E-state index in [0.717, 1.165) is 30.6 Å². The van der Waals surface area contributed by atoms with Crippen molar-refractivity contribution in [2.75, 3.05) is 23.9 Å². The molecular formula is C25H26FN3O5. The van der Waals surface area contributed by atoms with Crippen LogP contribution in [0.5, 0.6) is 5.75 Å². The van der Waals surface area contributed by atoms with Gasteiger partial charge >= 0.3 is 6.03 Å². The molecule has 2 aromatic rings. The van der Waals surface area contributed by atoms with E-state index in [1.807, 2.05) is 0 Å². The number of amides is 4. The Hall–Kier alpha value is -3.46. The number of rotatable bonds is 5. The molecule has 2 aliphatic heterocycles. The number of fused-ring (bicyclic) bond motifs is 3. The minimum Gasteiger partial charge on any atom is -0.495 e. The molecule has 178 valence electrons. The standard InChI is InChI=1S/C25H26FN3O5/c1-33-20-9-5-3-7-18(20)27-21(30)14-28-22-17-6-2-4-8-19(17)34-23(22)24(31)29(25(28)32)16-12-10-15(26)11-13-16/h3,5,7,9-13,17,19,22-23H,2,4,6,8,14H2,1H3,(H,27,30). The molecule has 2 heterocycles. The lowest BCUT2D eigenvalue weighted by molar-refractivity contribution is -0.133. The van der Waals surface area contributed by atoms with Gasteiger partial charge in [-0.05, 0) is 49.2 Å². The number of ether oxygens (including phenoxy) is 2. The van der Waals surface area contributed by atoms with Crippen molar-refractivity contribution in [3.8, 4) is 5.75 Å². The second-order valence-corrected chi connectivity index (χ2v) is 8.84. The highest BCUT2D eigenvalue weighted by Gasteiger charge is 2.58. The SMILES string of the molecule is COc1ccccc1NC(=O)CN1C(=O)N(c2ccc(F)cc2)C(=O)C2OC3CCCCC3C21. The van der Waals surface area contributed by atoms with E-state index < -0.39 is 35.8 Å². The molecule has 1 saturated carbocycles. The summed E-state index contributed by atoms with van der Waals surface area (Å²) in [6.07, 6.45) is 2.63. The summed E-state index contributed by atoms with van der Waals surface area (Å²) < 4.78 is 25.0. The van der Waals surface area contributed by atoms with Crippen molar-refractivity contribution in [1.29, 1.82) is 0 Å². The summed E-state index contributed by atoms with van der Waals surface area (Å²) in [4.78, 5) is 42.5. The third kappa shape index (κ3) is 3.90. The molecule has 0 spiro atoms. The van der Waals surface area contributed by atoms with Gasteiger partial charge in [-0.2, -0.15) is 0 Å². The number of carbonyl (C=O) groups is 3. The van der Waals surface area contributed by atoms with Gasteiger partial charge in [0.1, 0.15) is 18.1 Å². The number of benzene rings is 2. The van der Waals surface area contributed by atoms with Crippen LogP contribution in [0, 0.1) is 11.7 Å². The van der Waals surface area contributed by atoms with Gasteiger partial charge in [0.25, 0.3) is 5.91 Å². The first-order chi connectivity index (χ1) is 16.5. The molecule has 0 aromatic heterocycles. The zero-order valence-electron chi connectivity index (χ0n) is 18.8. The van der Waals surface area contributed by atoms with Crippen molar-refractivity contribution < 1.29 is 28.2 Å². The highest BCUT2D eigenvalue weighted by molar-refractivity contribution is 6.18. The second-order valence-electron chi connectivity index (χ2n) is 8.84. The Bertz CT molecular complexity index is 1110. The van der Waals surface area contributed by atoms with Gasteiger partial charge in [-0.25, -0.2) is 14.1 Å². The number of hydrogen-bond acceptors (Lipinski definition) is 5. The Balaban J connectivity index is 1.46. The van der Waals surface area contributed by atoms with Crippen molar-refractivity contribution in [1.82, 2.24) is 4.90 Å². The van der Waals surface area contributed by atoms with Gasteiger partial charge < -0.3 is 19.7 Å².